The number of aromatic nitrogens is 1. The van der Waals surface area contributed by atoms with Crippen molar-refractivity contribution < 1.29 is 45.4 Å². The van der Waals surface area contributed by atoms with Gasteiger partial charge in [0.2, 0.25) is 5.91 Å². The lowest BCUT2D eigenvalue weighted by atomic mass is 9.91. The van der Waals surface area contributed by atoms with Gasteiger partial charge in [0.25, 0.3) is 11.5 Å². The Kier molecular flexibility index (Phi) is 8.87. The van der Waals surface area contributed by atoms with Gasteiger partial charge in [-0.15, -0.1) is 0 Å². The third kappa shape index (κ3) is 6.71. The number of halogens is 7. The average Bonchev–Trinajstić information content (AvgIpc) is 2.93. The summed E-state index contributed by atoms with van der Waals surface area (Å²) < 4.78 is 93.3. The summed E-state index contributed by atoms with van der Waals surface area (Å²) in [6.45, 7) is 1.35. The van der Waals surface area contributed by atoms with Gasteiger partial charge in [-0.1, -0.05) is 24.3 Å². The number of amides is 2. The Bertz CT molecular complexity index is 1390. The summed E-state index contributed by atoms with van der Waals surface area (Å²) >= 11 is 0. The number of alkyl halides is 6. The highest BCUT2D eigenvalue weighted by Crippen LogP contribution is 2.50. The van der Waals surface area contributed by atoms with Crippen LogP contribution in [-0.4, -0.2) is 70.2 Å². The van der Waals surface area contributed by atoms with Gasteiger partial charge in [0.1, 0.15) is 5.82 Å². The minimum Gasteiger partial charge on any atom is -0.369 e. The molecule has 0 atom stereocenters. The smallest absolute Gasteiger partial charge is 0.369 e. The third-order valence-corrected chi connectivity index (χ3v) is 6.86. The number of piperazine rings is 1. The zero-order valence-corrected chi connectivity index (χ0v) is 21.8. The van der Waals surface area contributed by atoms with E-state index >= 15 is 0 Å². The zero-order valence-electron chi connectivity index (χ0n) is 21.8. The summed E-state index contributed by atoms with van der Waals surface area (Å²) in [5.41, 5.74) is -5.23. The molecule has 0 aliphatic carbocycles. The summed E-state index contributed by atoms with van der Waals surface area (Å²) in [6, 6.07) is 10.4. The molecule has 2 aromatic carbocycles. The monoisotopic (exact) mass is 598 g/mol. The maximum atomic E-state index is 14.7. The van der Waals surface area contributed by atoms with E-state index in [9.17, 15) is 45.4 Å². The second kappa shape index (κ2) is 12.1. The van der Waals surface area contributed by atoms with Gasteiger partial charge in [-0.3, -0.25) is 19.5 Å². The van der Waals surface area contributed by atoms with Crippen molar-refractivity contribution in [3.63, 3.8) is 0 Å². The molecular formula is C28H25F7N4O3. The fourth-order valence-corrected chi connectivity index (χ4v) is 4.52. The minimum atomic E-state index is -5.97. The maximum absolute atomic E-state index is 14.7. The molecule has 1 aliphatic rings. The number of nitrogens with one attached hydrogen (secondary N) is 1. The van der Waals surface area contributed by atoms with Crippen LogP contribution in [0.2, 0.25) is 0 Å². The molecule has 224 valence electrons. The molecule has 42 heavy (non-hydrogen) atoms. The molecule has 2 N–H and O–H groups in total. The molecule has 7 nitrogen and oxygen atoms in total. The van der Waals surface area contributed by atoms with Crippen LogP contribution in [0.1, 0.15) is 27.0 Å². The number of rotatable bonds is 7. The maximum Gasteiger partial charge on any atom is 0.430 e. The van der Waals surface area contributed by atoms with Gasteiger partial charge in [-0.25, -0.2) is 4.39 Å². The molecule has 1 saturated heterocycles. The van der Waals surface area contributed by atoms with Crippen LogP contribution in [-0.2, 0) is 23.4 Å². The molecule has 2 amide bonds. The first-order valence-corrected chi connectivity index (χ1v) is 12.6. The van der Waals surface area contributed by atoms with Gasteiger partial charge >= 0.3 is 12.4 Å². The van der Waals surface area contributed by atoms with E-state index < -0.39 is 41.1 Å². The molecule has 0 saturated carbocycles. The first-order valence-electron chi connectivity index (χ1n) is 12.6. The Balaban J connectivity index is 1.32. The van der Waals surface area contributed by atoms with Crippen LogP contribution in [0, 0.1) is 5.82 Å². The number of anilines is 1. The number of aliphatic hydroxyl groups is 1. The van der Waals surface area contributed by atoms with Crippen molar-refractivity contribution >= 4 is 17.5 Å². The van der Waals surface area contributed by atoms with Crippen LogP contribution < -0.4 is 5.32 Å². The minimum absolute atomic E-state index is 0.0143. The van der Waals surface area contributed by atoms with Crippen LogP contribution in [0.25, 0.3) is 0 Å². The number of pyridine rings is 1. The van der Waals surface area contributed by atoms with Gasteiger partial charge in [0.05, 0.1) is 12.1 Å². The number of hydrogen-bond donors (Lipinski definition) is 2. The largest absolute Gasteiger partial charge is 0.430 e. The Morgan fingerprint density at radius 2 is 1.43 bits per heavy atom. The lowest BCUT2D eigenvalue weighted by Crippen LogP contribution is -2.53. The molecule has 1 aliphatic heterocycles. The van der Waals surface area contributed by atoms with Crippen LogP contribution in [0.3, 0.4) is 0 Å². The van der Waals surface area contributed by atoms with Gasteiger partial charge in [0.15, 0.2) is 0 Å². The van der Waals surface area contributed by atoms with Gasteiger partial charge in [0, 0.05) is 56.2 Å². The zero-order chi connectivity index (χ0) is 30.7. The standard InChI is InChI=1S/C28H25F7N4O3/c29-22-16-20(3-6-23(22)37-24(40)15-18-7-9-36-10-8-18)25(41)39-13-11-38(12-14-39)17-19-1-4-21(5-2-19)26(42,27(30,31)32)28(33,34)35/h1-10,16,42H,11-15,17H2,(H,37,40). The number of carbonyl (C=O) groups excluding carboxylic acids is 2. The fourth-order valence-electron chi connectivity index (χ4n) is 4.52. The first-order chi connectivity index (χ1) is 19.7. The fraction of sp³-hybridized carbons (Fsp3) is 0.321. The molecule has 0 unspecified atom stereocenters. The molecule has 14 heteroatoms. The highest BCUT2D eigenvalue weighted by molar-refractivity contribution is 5.96. The van der Waals surface area contributed by atoms with Gasteiger partial charge in [-0.05, 0) is 41.5 Å². The van der Waals surface area contributed by atoms with Crippen molar-refractivity contribution in [1.29, 1.82) is 0 Å². The molecule has 0 radical (unpaired) electrons. The number of carbonyl (C=O) groups is 2. The molecular weight excluding hydrogens is 573 g/mol. The quantitative estimate of drug-likeness (QED) is 0.387. The molecule has 1 aromatic heterocycles. The molecule has 2 heterocycles. The topological polar surface area (TPSA) is 85.8 Å². The lowest BCUT2D eigenvalue weighted by molar-refractivity contribution is -0.376. The van der Waals surface area contributed by atoms with Crippen molar-refractivity contribution in [1.82, 2.24) is 14.8 Å². The van der Waals surface area contributed by atoms with Crippen molar-refractivity contribution in [2.75, 3.05) is 31.5 Å². The van der Waals surface area contributed by atoms with E-state index in [-0.39, 0.29) is 37.3 Å². The Morgan fingerprint density at radius 1 is 0.833 bits per heavy atom. The Labute approximate surface area is 235 Å². The van der Waals surface area contributed by atoms with E-state index in [0.29, 0.717) is 36.3 Å². The van der Waals surface area contributed by atoms with E-state index in [2.05, 4.69) is 10.3 Å². The Hall–Kier alpha value is -4.04. The molecule has 4 rings (SSSR count). The van der Waals surface area contributed by atoms with Crippen molar-refractivity contribution in [2.45, 2.75) is 30.9 Å². The predicted molar refractivity (Wildman–Crippen MR) is 137 cm³/mol. The summed E-state index contributed by atoms with van der Waals surface area (Å²) in [6.07, 6.45) is -8.85. The third-order valence-electron chi connectivity index (χ3n) is 6.86. The predicted octanol–water partition coefficient (Wildman–Crippen LogP) is 4.67. The number of benzene rings is 2. The van der Waals surface area contributed by atoms with Crippen LogP contribution >= 0.6 is 0 Å². The summed E-state index contributed by atoms with van der Waals surface area (Å²) in [4.78, 5) is 32.3. The SMILES string of the molecule is O=C(Cc1ccncc1)Nc1ccc(C(=O)N2CCN(Cc3ccc(C(O)(C(F)(F)F)C(F)(F)F)cc3)CC2)cc1F. The highest BCUT2D eigenvalue weighted by Gasteiger charge is 2.71. The second-order valence-electron chi connectivity index (χ2n) is 9.75. The van der Waals surface area contributed by atoms with E-state index in [1.165, 1.54) is 29.4 Å². The van der Waals surface area contributed by atoms with Crippen molar-refractivity contribution in [3.8, 4) is 0 Å². The number of hydrogen-bond acceptors (Lipinski definition) is 5. The first kappa shape index (κ1) is 30.9. The Morgan fingerprint density at radius 3 is 1.98 bits per heavy atom. The van der Waals surface area contributed by atoms with E-state index in [1.807, 2.05) is 4.90 Å². The normalized spacial score (nSPS) is 15.0. The molecule has 0 spiro atoms. The van der Waals surface area contributed by atoms with Crippen LogP contribution in [0.15, 0.2) is 67.0 Å². The summed E-state index contributed by atoms with van der Waals surface area (Å²) in [5, 5.41) is 12.0. The molecule has 0 bridgehead atoms. The van der Waals surface area contributed by atoms with E-state index in [4.69, 9.17) is 0 Å². The molecule has 1 fully saturated rings. The van der Waals surface area contributed by atoms with E-state index in [1.54, 1.807) is 12.1 Å². The van der Waals surface area contributed by atoms with Gasteiger partial charge < -0.3 is 15.3 Å². The van der Waals surface area contributed by atoms with Gasteiger partial charge in [-0.2, -0.15) is 26.3 Å². The van der Waals surface area contributed by atoms with Crippen LogP contribution in [0.4, 0.5) is 36.4 Å². The summed E-state index contributed by atoms with van der Waals surface area (Å²) in [5.74, 6) is -1.67. The summed E-state index contributed by atoms with van der Waals surface area (Å²) in [7, 11) is 0. The van der Waals surface area contributed by atoms with E-state index in [0.717, 1.165) is 18.2 Å². The molecule has 3 aromatic rings. The second-order valence-corrected chi connectivity index (χ2v) is 9.75. The lowest BCUT2D eigenvalue weighted by Gasteiger charge is -2.35. The van der Waals surface area contributed by atoms with Crippen molar-refractivity contribution in [3.05, 3.63) is 95.1 Å². The number of nitrogens with zero attached hydrogens (tertiary/aromatic N) is 3. The highest BCUT2D eigenvalue weighted by atomic mass is 19.4. The van der Waals surface area contributed by atoms with Crippen molar-refractivity contribution in [2.24, 2.45) is 0 Å². The average molecular weight is 599 g/mol. The van der Waals surface area contributed by atoms with Crippen LogP contribution in [0.5, 0.6) is 0 Å².